The summed E-state index contributed by atoms with van der Waals surface area (Å²) in [7, 11) is 3.00. The van der Waals surface area contributed by atoms with Crippen molar-refractivity contribution in [3.8, 4) is 11.5 Å². The van der Waals surface area contributed by atoms with E-state index < -0.39 is 0 Å². The van der Waals surface area contributed by atoms with Crippen molar-refractivity contribution in [2.24, 2.45) is 0 Å². The van der Waals surface area contributed by atoms with Crippen LogP contribution in [0.3, 0.4) is 0 Å². The monoisotopic (exact) mass is 404 g/mol. The lowest BCUT2D eigenvalue weighted by atomic mass is 10.1. The van der Waals surface area contributed by atoms with E-state index in [1.54, 1.807) is 36.4 Å². The molecule has 30 heavy (non-hydrogen) atoms. The number of carbonyl (C=O) groups excluding carboxylic acids is 2. The Balaban J connectivity index is 1.81. The first-order chi connectivity index (χ1) is 14.5. The number of hydrogen-bond donors (Lipinski definition) is 2. The Kier molecular flexibility index (Phi) is 6.70. The molecular weight excluding hydrogens is 380 g/mol. The van der Waals surface area contributed by atoms with Crippen LogP contribution >= 0.6 is 0 Å². The van der Waals surface area contributed by atoms with E-state index in [9.17, 15) is 9.59 Å². The number of hydrogen-bond acceptors (Lipinski definition) is 4. The third-order valence-corrected chi connectivity index (χ3v) is 4.69. The topological polar surface area (TPSA) is 76.7 Å². The van der Waals surface area contributed by atoms with Gasteiger partial charge in [-0.25, -0.2) is 0 Å². The number of carbonyl (C=O) groups is 2. The van der Waals surface area contributed by atoms with E-state index in [1.807, 2.05) is 37.3 Å². The number of ether oxygens (including phenoxy) is 2. The summed E-state index contributed by atoms with van der Waals surface area (Å²) in [6.45, 7) is 1.97. The molecule has 0 spiro atoms. The molecule has 0 saturated heterocycles. The van der Waals surface area contributed by atoms with Crippen molar-refractivity contribution < 1.29 is 19.1 Å². The smallest absolute Gasteiger partial charge is 0.255 e. The minimum absolute atomic E-state index is 0.175. The van der Waals surface area contributed by atoms with Gasteiger partial charge in [-0.2, -0.15) is 0 Å². The fraction of sp³-hybridized carbons (Fsp3) is 0.167. The summed E-state index contributed by atoms with van der Waals surface area (Å²) < 4.78 is 10.8. The molecule has 2 N–H and O–H groups in total. The largest absolute Gasteiger partial charge is 0.494 e. The summed E-state index contributed by atoms with van der Waals surface area (Å²) in [6, 6.07) is 19.9. The van der Waals surface area contributed by atoms with E-state index in [0.29, 0.717) is 28.4 Å². The molecule has 0 atom stereocenters. The van der Waals surface area contributed by atoms with Crippen LogP contribution in [0.4, 0.5) is 11.4 Å². The molecule has 0 aliphatic heterocycles. The van der Waals surface area contributed by atoms with Crippen molar-refractivity contribution in [1.82, 2.24) is 0 Å². The van der Waals surface area contributed by atoms with Crippen LogP contribution in [0.5, 0.6) is 11.5 Å². The van der Waals surface area contributed by atoms with Crippen molar-refractivity contribution in [3.05, 3.63) is 83.4 Å². The maximum Gasteiger partial charge on any atom is 0.255 e. The number of anilines is 2. The third-order valence-electron chi connectivity index (χ3n) is 4.69. The highest BCUT2D eigenvalue weighted by Crippen LogP contribution is 2.36. The Morgan fingerprint density at radius 3 is 1.97 bits per heavy atom. The zero-order valence-electron chi connectivity index (χ0n) is 17.2. The molecule has 154 valence electrons. The maximum absolute atomic E-state index is 12.6. The molecule has 2 amide bonds. The van der Waals surface area contributed by atoms with E-state index >= 15 is 0 Å². The fourth-order valence-corrected chi connectivity index (χ4v) is 3.05. The number of methoxy groups -OCH3 is 2. The summed E-state index contributed by atoms with van der Waals surface area (Å²) in [5.74, 6) is 0.376. The fourth-order valence-electron chi connectivity index (χ4n) is 3.05. The zero-order chi connectivity index (χ0) is 21.5. The molecule has 6 heteroatoms. The summed E-state index contributed by atoms with van der Waals surface area (Å²) in [5.41, 5.74) is 3.43. The molecule has 3 aromatic carbocycles. The van der Waals surface area contributed by atoms with Gasteiger partial charge in [0.05, 0.1) is 32.0 Å². The molecule has 0 heterocycles. The number of nitrogens with one attached hydrogen (secondary N) is 2. The van der Waals surface area contributed by atoms with Gasteiger partial charge < -0.3 is 20.1 Å². The first kappa shape index (κ1) is 20.9. The first-order valence-electron chi connectivity index (χ1n) is 9.48. The lowest BCUT2D eigenvalue weighted by Crippen LogP contribution is -2.16. The van der Waals surface area contributed by atoms with Crippen molar-refractivity contribution >= 4 is 23.2 Å². The van der Waals surface area contributed by atoms with Crippen LogP contribution < -0.4 is 20.1 Å². The SMILES string of the molecule is COc1cc(NC(=O)c2ccccc2)c(OC)cc1NC(=O)Cc1ccccc1C. The van der Waals surface area contributed by atoms with Crippen LogP contribution in [0, 0.1) is 6.92 Å². The molecule has 0 aromatic heterocycles. The van der Waals surface area contributed by atoms with Gasteiger partial charge in [-0.1, -0.05) is 42.5 Å². The van der Waals surface area contributed by atoms with Crippen molar-refractivity contribution in [1.29, 1.82) is 0 Å². The number of amides is 2. The van der Waals surface area contributed by atoms with Crippen LogP contribution in [0.2, 0.25) is 0 Å². The van der Waals surface area contributed by atoms with Crippen molar-refractivity contribution in [3.63, 3.8) is 0 Å². The van der Waals surface area contributed by atoms with Crippen LogP contribution in [-0.2, 0) is 11.2 Å². The Labute approximate surface area is 175 Å². The van der Waals surface area contributed by atoms with Gasteiger partial charge in [-0.15, -0.1) is 0 Å². The summed E-state index contributed by atoms with van der Waals surface area (Å²) in [5, 5.41) is 5.69. The van der Waals surface area contributed by atoms with Gasteiger partial charge in [0.25, 0.3) is 5.91 Å². The molecule has 0 radical (unpaired) electrons. The average Bonchev–Trinajstić information content (AvgIpc) is 2.76. The maximum atomic E-state index is 12.6. The van der Waals surface area contributed by atoms with Gasteiger partial charge in [0.2, 0.25) is 5.91 Å². The highest BCUT2D eigenvalue weighted by molar-refractivity contribution is 6.05. The molecule has 0 aliphatic rings. The number of benzene rings is 3. The van der Waals surface area contributed by atoms with Gasteiger partial charge in [-0.05, 0) is 30.2 Å². The van der Waals surface area contributed by atoms with E-state index in [4.69, 9.17) is 9.47 Å². The quantitative estimate of drug-likeness (QED) is 0.610. The Hall–Kier alpha value is -3.80. The first-order valence-corrected chi connectivity index (χ1v) is 9.48. The molecule has 3 aromatic rings. The Bertz CT molecular complexity index is 1050. The molecule has 3 rings (SSSR count). The Morgan fingerprint density at radius 2 is 1.37 bits per heavy atom. The number of aryl methyl sites for hydroxylation is 1. The van der Waals surface area contributed by atoms with E-state index in [2.05, 4.69) is 10.6 Å². The zero-order valence-corrected chi connectivity index (χ0v) is 17.2. The molecule has 0 unspecified atom stereocenters. The summed E-state index contributed by atoms with van der Waals surface area (Å²) >= 11 is 0. The van der Waals surface area contributed by atoms with Crippen molar-refractivity contribution in [2.45, 2.75) is 13.3 Å². The number of rotatable bonds is 7. The summed E-state index contributed by atoms with van der Waals surface area (Å²) in [4.78, 5) is 25.1. The van der Waals surface area contributed by atoms with Gasteiger partial charge >= 0.3 is 0 Å². The summed E-state index contributed by atoms with van der Waals surface area (Å²) in [6.07, 6.45) is 0.241. The molecule has 0 fully saturated rings. The second-order valence-electron chi connectivity index (χ2n) is 6.72. The Morgan fingerprint density at radius 1 is 0.800 bits per heavy atom. The normalized spacial score (nSPS) is 10.2. The molecule has 6 nitrogen and oxygen atoms in total. The molecule has 0 bridgehead atoms. The van der Waals surface area contributed by atoms with Gasteiger partial charge in [0, 0.05) is 17.7 Å². The molecular formula is C24H24N2O4. The van der Waals surface area contributed by atoms with Gasteiger partial charge in [-0.3, -0.25) is 9.59 Å². The van der Waals surface area contributed by atoms with Gasteiger partial charge in [0.15, 0.2) is 0 Å². The van der Waals surface area contributed by atoms with Gasteiger partial charge in [0.1, 0.15) is 11.5 Å². The lowest BCUT2D eigenvalue weighted by molar-refractivity contribution is -0.115. The minimum Gasteiger partial charge on any atom is -0.494 e. The standard InChI is InChI=1S/C24H24N2O4/c1-16-9-7-8-12-18(16)13-23(27)25-19-14-22(30-3)20(15-21(19)29-2)26-24(28)17-10-5-4-6-11-17/h4-12,14-15H,13H2,1-3H3,(H,25,27)(H,26,28). The van der Waals surface area contributed by atoms with E-state index in [1.165, 1.54) is 14.2 Å². The van der Waals surface area contributed by atoms with Crippen LogP contribution in [0.1, 0.15) is 21.5 Å². The van der Waals surface area contributed by atoms with Crippen LogP contribution in [0.15, 0.2) is 66.7 Å². The molecule has 0 saturated carbocycles. The predicted octanol–water partition coefficient (Wildman–Crippen LogP) is 4.45. The van der Waals surface area contributed by atoms with E-state index in [0.717, 1.165) is 11.1 Å². The molecule has 0 aliphatic carbocycles. The highest BCUT2D eigenvalue weighted by atomic mass is 16.5. The van der Waals surface area contributed by atoms with Crippen LogP contribution in [-0.4, -0.2) is 26.0 Å². The second kappa shape index (κ2) is 9.60. The minimum atomic E-state index is -0.271. The van der Waals surface area contributed by atoms with E-state index in [-0.39, 0.29) is 18.2 Å². The average molecular weight is 404 g/mol. The highest BCUT2D eigenvalue weighted by Gasteiger charge is 2.16. The van der Waals surface area contributed by atoms with Crippen LogP contribution in [0.25, 0.3) is 0 Å². The second-order valence-corrected chi connectivity index (χ2v) is 6.72. The third kappa shape index (κ3) is 4.97. The predicted molar refractivity (Wildman–Crippen MR) is 117 cm³/mol. The lowest BCUT2D eigenvalue weighted by Gasteiger charge is -2.16. The van der Waals surface area contributed by atoms with Crippen molar-refractivity contribution in [2.75, 3.05) is 24.9 Å².